The minimum atomic E-state index is 0.593. The van der Waals surface area contributed by atoms with Crippen LogP contribution in [0.3, 0.4) is 0 Å². The second-order valence-corrected chi connectivity index (χ2v) is 5.99. The molecular formula is C16H23N3. The number of hydrogen-bond acceptors (Lipinski definition) is 2. The SMILES string of the molecule is Cc1cccc2nc(C3CCCN(C(C)C)C3)cn12. The number of imidazole rings is 1. The first-order chi connectivity index (χ1) is 9.15. The summed E-state index contributed by atoms with van der Waals surface area (Å²) in [5.74, 6) is 0.593. The van der Waals surface area contributed by atoms with Crippen molar-refractivity contribution in [2.24, 2.45) is 0 Å². The zero-order valence-electron chi connectivity index (χ0n) is 12.1. The lowest BCUT2D eigenvalue weighted by molar-refractivity contribution is 0.166. The molecule has 1 unspecified atom stereocenters. The zero-order chi connectivity index (χ0) is 13.4. The fraction of sp³-hybridized carbons (Fsp3) is 0.562. The van der Waals surface area contributed by atoms with Crippen LogP contribution in [0.25, 0.3) is 5.65 Å². The number of aryl methyl sites for hydroxylation is 1. The quantitative estimate of drug-likeness (QED) is 0.823. The van der Waals surface area contributed by atoms with Crippen molar-refractivity contribution in [3.63, 3.8) is 0 Å². The molecule has 19 heavy (non-hydrogen) atoms. The van der Waals surface area contributed by atoms with Gasteiger partial charge in [-0.2, -0.15) is 0 Å². The third-order valence-electron chi connectivity index (χ3n) is 4.32. The van der Waals surface area contributed by atoms with Gasteiger partial charge < -0.3 is 9.30 Å². The van der Waals surface area contributed by atoms with Gasteiger partial charge in [-0.15, -0.1) is 0 Å². The molecule has 0 aliphatic carbocycles. The number of likely N-dealkylation sites (tertiary alicyclic amines) is 1. The second-order valence-electron chi connectivity index (χ2n) is 5.99. The van der Waals surface area contributed by atoms with Gasteiger partial charge in [0.05, 0.1) is 5.69 Å². The molecule has 0 amide bonds. The van der Waals surface area contributed by atoms with Crippen LogP contribution in [0.15, 0.2) is 24.4 Å². The van der Waals surface area contributed by atoms with Crippen LogP contribution in [0, 0.1) is 6.92 Å². The molecule has 1 saturated heterocycles. The summed E-state index contributed by atoms with van der Waals surface area (Å²) in [5.41, 5.74) is 3.60. The number of fused-ring (bicyclic) bond motifs is 1. The molecule has 0 saturated carbocycles. The van der Waals surface area contributed by atoms with Crippen molar-refractivity contribution >= 4 is 5.65 Å². The number of piperidine rings is 1. The van der Waals surface area contributed by atoms with Crippen molar-refractivity contribution in [1.82, 2.24) is 14.3 Å². The topological polar surface area (TPSA) is 20.5 Å². The van der Waals surface area contributed by atoms with Crippen LogP contribution in [0.5, 0.6) is 0 Å². The van der Waals surface area contributed by atoms with Crippen LogP contribution in [-0.2, 0) is 0 Å². The molecule has 0 bridgehead atoms. The van der Waals surface area contributed by atoms with Gasteiger partial charge in [0.2, 0.25) is 0 Å². The molecule has 3 heteroatoms. The summed E-state index contributed by atoms with van der Waals surface area (Å²) in [7, 11) is 0. The van der Waals surface area contributed by atoms with Gasteiger partial charge in [0, 0.05) is 30.4 Å². The van der Waals surface area contributed by atoms with Crippen molar-refractivity contribution < 1.29 is 0 Å². The largest absolute Gasteiger partial charge is 0.304 e. The lowest BCUT2D eigenvalue weighted by atomic mass is 9.94. The molecule has 1 fully saturated rings. The molecule has 0 N–H and O–H groups in total. The number of hydrogen-bond donors (Lipinski definition) is 0. The van der Waals surface area contributed by atoms with E-state index in [0.29, 0.717) is 12.0 Å². The van der Waals surface area contributed by atoms with Crippen LogP contribution in [-0.4, -0.2) is 33.4 Å². The number of nitrogens with zero attached hydrogens (tertiary/aromatic N) is 3. The van der Waals surface area contributed by atoms with E-state index in [-0.39, 0.29) is 0 Å². The van der Waals surface area contributed by atoms with Crippen molar-refractivity contribution in [3.8, 4) is 0 Å². The van der Waals surface area contributed by atoms with Gasteiger partial charge in [0.25, 0.3) is 0 Å². The Morgan fingerprint density at radius 2 is 2.16 bits per heavy atom. The number of aromatic nitrogens is 2. The van der Waals surface area contributed by atoms with Crippen LogP contribution in [0.2, 0.25) is 0 Å². The van der Waals surface area contributed by atoms with Crippen LogP contribution < -0.4 is 0 Å². The Morgan fingerprint density at radius 3 is 2.89 bits per heavy atom. The van der Waals surface area contributed by atoms with Gasteiger partial charge in [-0.05, 0) is 52.3 Å². The maximum absolute atomic E-state index is 4.83. The fourth-order valence-electron chi connectivity index (χ4n) is 3.08. The number of pyridine rings is 1. The first-order valence-electron chi connectivity index (χ1n) is 7.34. The van der Waals surface area contributed by atoms with E-state index in [1.54, 1.807) is 0 Å². The summed E-state index contributed by atoms with van der Waals surface area (Å²) < 4.78 is 2.21. The second kappa shape index (κ2) is 4.97. The highest BCUT2D eigenvalue weighted by molar-refractivity contribution is 5.42. The third-order valence-corrected chi connectivity index (χ3v) is 4.32. The summed E-state index contributed by atoms with van der Waals surface area (Å²) in [6.07, 6.45) is 4.79. The van der Waals surface area contributed by atoms with Gasteiger partial charge in [0.1, 0.15) is 5.65 Å². The summed E-state index contributed by atoms with van der Waals surface area (Å²) >= 11 is 0. The molecule has 0 aromatic carbocycles. The zero-order valence-corrected chi connectivity index (χ0v) is 12.1. The first kappa shape index (κ1) is 12.7. The Balaban J connectivity index is 1.89. The third kappa shape index (κ3) is 2.39. The van der Waals surface area contributed by atoms with Crippen LogP contribution >= 0.6 is 0 Å². The van der Waals surface area contributed by atoms with E-state index in [1.807, 2.05) is 0 Å². The lowest BCUT2D eigenvalue weighted by Crippen LogP contribution is -2.39. The molecule has 102 valence electrons. The molecule has 1 atom stereocenters. The van der Waals surface area contributed by atoms with Crippen molar-refractivity contribution in [2.45, 2.75) is 45.6 Å². The van der Waals surface area contributed by atoms with E-state index in [4.69, 9.17) is 4.98 Å². The summed E-state index contributed by atoms with van der Waals surface area (Å²) in [6.45, 7) is 9.10. The van der Waals surface area contributed by atoms with E-state index in [1.165, 1.54) is 30.8 Å². The molecule has 3 heterocycles. The highest BCUT2D eigenvalue weighted by Gasteiger charge is 2.24. The maximum Gasteiger partial charge on any atom is 0.137 e. The van der Waals surface area contributed by atoms with Crippen molar-refractivity contribution in [2.75, 3.05) is 13.1 Å². The van der Waals surface area contributed by atoms with Crippen molar-refractivity contribution in [3.05, 3.63) is 35.8 Å². The Hall–Kier alpha value is -1.35. The molecule has 1 aliphatic heterocycles. The van der Waals surface area contributed by atoms with E-state index >= 15 is 0 Å². The van der Waals surface area contributed by atoms with E-state index in [9.17, 15) is 0 Å². The van der Waals surface area contributed by atoms with E-state index < -0.39 is 0 Å². The smallest absolute Gasteiger partial charge is 0.137 e. The van der Waals surface area contributed by atoms with Gasteiger partial charge in [-0.3, -0.25) is 0 Å². The average molecular weight is 257 g/mol. The normalized spacial score (nSPS) is 21.4. The summed E-state index contributed by atoms with van der Waals surface area (Å²) in [4.78, 5) is 7.40. The molecule has 0 radical (unpaired) electrons. The molecule has 0 spiro atoms. The standard InChI is InChI=1S/C16H23N3/c1-12(2)18-9-5-7-14(10-18)15-11-19-13(3)6-4-8-16(19)17-15/h4,6,8,11-12,14H,5,7,9-10H2,1-3H3. The summed E-state index contributed by atoms with van der Waals surface area (Å²) in [5, 5.41) is 0. The van der Waals surface area contributed by atoms with Crippen molar-refractivity contribution in [1.29, 1.82) is 0 Å². The fourth-order valence-corrected chi connectivity index (χ4v) is 3.08. The van der Waals surface area contributed by atoms with Gasteiger partial charge >= 0.3 is 0 Å². The van der Waals surface area contributed by atoms with E-state index in [0.717, 1.165) is 12.2 Å². The first-order valence-corrected chi connectivity index (χ1v) is 7.34. The van der Waals surface area contributed by atoms with Crippen LogP contribution in [0.1, 0.15) is 44.0 Å². The highest BCUT2D eigenvalue weighted by atomic mass is 15.2. The summed E-state index contributed by atoms with van der Waals surface area (Å²) in [6, 6.07) is 6.96. The lowest BCUT2D eigenvalue weighted by Gasteiger charge is -2.34. The average Bonchev–Trinajstić information content (AvgIpc) is 2.84. The molecular weight excluding hydrogens is 234 g/mol. The molecule has 3 nitrogen and oxygen atoms in total. The number of rotatable bonds is 2. The Morgan fingerprint density at radius 1 is 1.32 bits per heavy atom. The Kier molecular flexibility index (Phi) is 3.31. The maximum atomic E-state index is 4.83. The molecule has 1 aliphatic rings. The highest BCUT2D eigenvalue weighted by Crippen LogP contribution is 2.27. The Labute approximate surface area is 115 Å². The monoisotopic (exact) mass is 257 g/mol. The van der Waals surface area contributed by atoms with Gasteiger partial charge in [0.15, 0.2) is 0 Å². The van der Waals surface area contributed by atoms with E-state index in [2.05, 4.69) is 54.5 Å². The van der Waals surface area contributed by atoms with Gasteiger partial charge in [-0.25, -0.2) is 4.98 Å². The van der Waals surface area contributed by atoms with Crippen LogP contribution in [0.4, 0.5) is 0 Å². The Bertz CT molecular complexity index is 570. The minimum Gasteiger partial charge on any atom is -0.304 e. The molecule has 3 rings (SSSR count). The molecule has 2 aromatic heterocycles. The predicted octanol–water partition coefficient (Wildman–Crippen LogP) is 3.23. The minimum absolute atomic E-state index is 0.593. The molecule has 2 aromatic rings. The predicted molar refractivity (Wildman–Crippen MR) is 78.6 cm³/mol. The van der Waals surface area contributed by atoms with Gasteiger partial charge in [-0.1, -0.05) is 6.07 Å².